The minimum Gasteiger partial charge on any atom is -0.458 e. The zero-order chi connectivity index (χ0) is 20.3. The van der Waals surface area contributed by atoms with Crippen LogP contribution in [0.25, 0.3) is 10.9 Å². The number of ether oxygens (including phenoxy) is 1. The predicted molar refractivity (Wildman–Crippen MR) is 110 cm³/mol. The van der Waals surface area contributed by atoms with E-state index >= 15 is 0 Å². The van der Waals surface area contributed by atoms with Gasteiger partial charge in [0, 0.05) is 10.9 Å². The number of hydrogen-bond donors (Lipinski definition) is 1. The molecule has 0 aliphatic heterocycles. The highest BCUT2D eigenvalue weighted by molar-refractivity contribution is 6.32. The Balaban J connectivity index is 1.61. The molecule has 3 rings (SSSR count). The number of esters is 1. The standard InChI is InChI=1S/C22H21ClN2O3/c1-13-8-14(2)10-16(9-13)22(27)24-11-20(26)28-12-19-21(23)15(3)17-6-4-5-7-18(17)25-19/h4-10H,11-12H2,1-3H3,(H,24,27). The van der Waals surface area contributed by atoms with E-state index in [0.29, 0.717) is 16.3 Å². The fourth-order valence-electron chi connectivity index (χ4n) is 3.07. The number of pyridine rings is 1. The molecule has 1 aromatic heterocycles. The van der Waals surface area contributed by atoms with E-state index in [4.69, 9.17) is 16.3 Å². The van der Waals surface area contributed by atoms with Gasteiger partial charge in [0.25, 0.3) is 5.91 Å². The lowest BCUT2D eigenvalue weighted by molar-refractivity contribution is -0.143. The van der Waals surface area contributed by atoms with Gasteiger partial charge >= 0.3 is 5.97 Å². The molecule has 0 spiro atoms. The summed E-state index contributed by atoms with van der Waals surface area (Å²) in [5.41, 5.74) is 4.66. The molecule has 0 unspecified atom stereocenters. The summed E-state index contributed by atoms with van der Waals surface area (Å²) >= 11 is 6.37. The first-order valence-corrected chi connectivity index (χ1v) is 9.29. The van der Waals surface area contributed by atoms with E-state index in [1.165, 1.54) is 0 Å². The smallest absolute Gasteiger partial charge is 0.325 e. The molecule has 1 amide bonds. The molecule has 28 heavy (non-hydrogen) atoms. The van der Waals surface area contributed by atoms with Crippen molar-refractivity contribution in [1.29, 1.82) is 0 Å². The van der Waals surface area contributed by atoms with Gasteiger partial charge in [0.15, 0.2) is 0 Å². The van der Waals surface area contributed by atoms with Crippen LogP contribution in [-0.2, 0) is 16.1 Å². The number of halogens is 1. The van der Waals surface area contributed by atoms with Gasteiger partial charge in [-0.25, -0.2) is 4.98 Å². The summed E-state index contributed by atoms with van der Waals surface area (Å²) in [6, 6.07) is 13.2. The number of carbonyl (C=O) groups is 2. The highest BCUT2D eigenvalue weighted by Gasteiger charge is 2.14. The van der Waals surface area contributed by atoms with Gasteiger partial charge in [-0.2, -0.15) is 0 Å². The van der Waals surface area contributed by atoms with Crippen LogP contribution in [-0.4, -0.2) is 23.4 Å². The molecule has 0 atom stereocenters. The van der Waals surface area contributed by atoms with E-state index < -0.39 is 5.97 Å². The minimum absolute atomic E-state index is 0.0528. The van der Waals surface area contributed by atoms with Gasteiger partial charge in [-0.15, -0.1) is 0 Å². The fraction of sp³-hybridized carbons (Fsp3) is 0.227. The van der Waals surface area contributed by atoms with Crippen molar-refractivity contribution < 1.29 is 14.3 Å². The molecule has 1 heterocycles. The zero-order valence-electron chi connectivity index (χ0n) is 16.0. The van der Waals surface area contributed by atoms with Gasteiger partial charge in [-0.1, -0.05) is 47.0 Å². The van der Waals surface area contributed by atoms with Crippen molar-refractivity contribution in [3.63, 3.8) is 0 Å². The Labute approximate surface area is 168 Å². The average Bonchev–Trinajstić information content (AvgIpc) is 2.67. The molecule has 0 aliphatic rings. The third-order valence-electron chi connectivity index (χ3n) is 4.39. The second-order valence-corrected chi connectivity index (χ2v) is 7.11. The van der Waals surface area contributed by atoms with Crippen molar-refractivity contribution in [1.82, 2.24) is 10.3 Å². The van der Waals surface area contributed by atoms with E-state index in [1.807, 2.05) is 51.1 Å². The van der Waals surface area contributed by atoms with Crippen LogP contribution in [0.4, 0.5) is 0 Å². The average molecular weight is 397 g/mol. The minimum atomic E-state index is -0.554. The summed E-state index contributed by atoms with van der Waals surface area (Å²) in [6.07, 6.45) is 0. The van der Waals surface area contributed by atoms with Gasteiger partial charge in [-0.3, -0.25) is 9.59 Å². The van der Waals surface area contributed by atoms with E-state index in [2.05, 4.69) is 10.3 Å². The molecule has 0 bridgehead atoms. The third kappa shape index (κ3) is 4.49. The lowest BCUT2D eigenvalue weighted by Gasteiger charge is -2.11. The summed E-state index contributed by atoms with van der Waals surface area (Å²) in [5.74, 6) is -0.872. The lowest BCUT2D eigenvalue weighted by Crippen LogP contribution is -2.30. The summed E-state index contributed by atoms with van der Waals surface area (Å²) in [5, 5.41) is 4.02. The molecule has 0 fully saturated rings. The number of nitrogens with one attached hydrogen (secondary N) is 1. The largest absolute Gasteiger partial charge is 0.458 e. The maximum absolute atomic E-state index is 12.2. The van der Waals surface area contributed by atoms with Crippen molar-refractivity contribution in [2.45, 2.75) is 27.4 Å². The monoisotopic (exact) mass is 396 g/mol. The first-order chi connectivity index (χ1) is 13.3. The maximum Gasteiger partial charge on any atom is 0.325 e. The van der Waals surface area contributed by atoms with Gasteiger partial charge in [-0.05, 0) is 44.5 Å². The quantitative estimate of drug-likeness (QED) is 0.653. The highest BCUT2D eigenvalue weighted by Crippen LogP contribution is 2.27. The van der Waals surface area contributed by atoms with Crippen molar-refractivity contribution >= 4 is 34.4 Å². The van der Waals surface area contributed by atoms with E-state index in [9.17, 15) is 9.59 Å². The van der Waals surface area contributed by atoms with Crippen LogP contribution >= 0.6 is 11.6 Å². The molecule has 2 aromatic carbocycles. The van der Waals surface area contributed by atoms with E-state index in [1.54, 1.807) is 12.1 Å². The molecule has 6 heteroatoms. The maximum atomic E-state index is 12.2. The van der Waals surface area contributed by atoms with Gasteiger partial charge in [0.2, 0.25) is 0 Å². The van der Waals surface area contributed by atoms with Gasteiger partial charge in [0.1, 0.15) is 13.2 Å². The molecule has 0 aliphatic carbocycles. The first kappa shape index (κ1) is 19.8. The second kappa shape index (κ2) is 8.40. The second-order valence-electron chi connectivity index (χ2n) is 6.73. The van der Waals surface area contributed by atoms with Gasteiger partial charge < -0.3 is 10.1 Å². The molecule has 0 saturated heterocycles. The number of nitrogens with zero attached hydrogens (tertiary/aromatic N) is 1. The van der Waals surface area contributed by atoms with Crippen molar-refractivity contribution in [2.24, 2.45) is 0 Å². The predicted octanol–water partition coefficient (Wildman–Crippen LogP) is 4.29. The Hall–Kier alpha value is -2.92. The van der Waals surface area contributed by atoms with Crippen LogP contribution < -0.4 is 5.32 Å². The Bertz CT molecular complexity index is 1040. The molecule has 5 nitrogen and oxygen atoms in total. The number of benzene rings is 2. The van der Waals surface area contributed by atoms with Crippen molar-refractivity contribution in [3.05, 3.63) is 75.4 Å². The molecule has 0 saturated carbocycles. The number of rotatable bonds is 5. The zero-order valence-corrected chi connectivity index (χ0v) is 16.8. The number of aryl methyl sites for hydroxylation is 3. The van der Waals surface area contributed by atoms with Crippen LogP contribution in [0.1, 0.15) is 32.7 Å². The number of hydrogen-bond acceptors (Lipinski definition) is 4. The Morgan fingerprint density at radius 3 is 2.46 bits per heavy atom. The molecular formula is C22H21ClN2O3. The van der Waals surface area contributed by atoms with Crippen LogP contribution in [0.2, 0.25) is 5.02 Å². The van der Waals surface area contributed by atoms with E-state index in [-0.39, 0.29) is 19.1 Å². The van der Waals surface area contributed by atoms with Gasteiger partial charge in [0.05, 0.1) is 16.2 Å². The number of fused-ring (bicyclic) bond motifs is 1. The molecular weight excluding hydrogens is 376 g/mol. The fourth-order valence-corrected chi connectivity index (χ4v) is 3.27. The van der Waals surface area contributed by atoms with Crippen LogP contribution in [0, 0.1) is 20.8 Å². The summed E-state index contributed by atoms with van der Waals surface area (Å²) in [4.78, 5) is 28.7. The molecule has 3 aromatic rings. The number of para-hydroxylation sites is 1. The lowest BCUT2D eigenvalue weighted by atomic mass is 10.1. The normalized spacial score (nSPS) is 10.7. The Morgan fingerprint density at radius 1 is 1.07 bits per heavy atom. The topological polar surface area (TPSA) is 68.3 Å². The third-order valence-corrected chi connectivity index (χ3v) is 4.89. The highest BCUT2D eigenvalue weighted by atomic mass is 35.5. The molecule has 144 valence electrons. The van der Waals surface area contributed by atoms with Crippen molar-refractivity contribution in [2.75, 3.05) is 6.54 Å². The molecule has 0 radical (unpaired) electrons. The van der Waals surface area contributed by atoms with Crippen LogP contribution in [0.3, 0.4) is 0 Å². The number of amides is 1. The summed E-state index contributed by atoms with van der Waals surface area (Å²) < 4.78 is 5.25. The Morgan fingerprint density at radius 2 is 1.75 bits per heavy atom. The number of carbonyl (C=O) groups excluding carboxylic acids is 2. The first-order valence-electron chi connectivity index (χ1n) is 8.91. The number of aromatic nitrogens is 1. The summed E-state index contributed by atoms with van der Waals surface area (Å²) in [6.45, 7) is 5.46. The van der Waals surface area contributed by atoms with E-state index in [0.717, 1.165) is 27.6 Å². The summed E-state index contributed by atoms with van der Waals surface area (Å²) in [7, 11) is 0. The molecule has 1 N–H and O–H groups in total. The van der Waals surface area contributed by atoms with Crippen molar-refractivity contribution in [3.8, 4) is 0 Å². The SMILES string of the molecule is Cc1cc(C)cc(C(=O)NCC(=O)OCc2nc3ccccc3c(C)c2Cl)c1. The Kier molecular flexibility index (Phi) is 5.95. The van der Waals surface area contributed by atoms with Crippen LogP contribution in [0.5, 0.6) is 0 Å². The van der Waals surface area contributed by atoms with Crippen LogP contribution in [0.15, 0.2) is 42.5 Å².